The molecule has 1 aromatic heterocycles. The largest absolute Gasteiger partial charge is 0.346 e. The monoisotopic (exact) mass is 268 g/mol. The summed E-state index contributed by atoms with van der Waals surface area (Å²) in [7, 11) is 0. The molecular formula is C13H24N4S. The van der Waals surface area contributed by atoms with Gasteiger partial charge in [-0.15, -0.1) is 11.3 Å². The predicted molar refractivity (Wildman–Crippen MR) is 78.5 cm³/mol. The average Bonchev–Trinajstić information content (AvgIpc) is 2.89. The Morgan fingerprint density at radius 2 is 2.06 bits per heavy atom. The van der Waals surface area contributed by atoms with Gasteiger partial charge in [-0.2, -0.15) is 0 Å². The van der Waals surface area contributed by atoms with Crippen LogP contribution >= 0.6 is 11.3 Å². The molecule has 0 aliphatic carbocycles. The second-order valence-corrected chi connectivity index (χ2v) is 5.79. The van der Waals surface area contributed by atoms with Crippen LogP contribution in [0.25, 0.3) is 0 Å². The Morgan fingerprint density at radius 3 is 2.67 bits per heavy atom. The molecule has 1 N–H and O–H groups in total. The fourth-order valence-corrected chi connectivity index (χ4v) is 3.28. The number of anilines is 1. The van der Waals surface area contributed by atoms with Crippen molar-refractivity contribution >= 4 is 16.5 Å². The van der Waals surface area contributed by atoms with Gasteiger partial charge in [-0.1, -0.05) is 13.8 Å². The fraction of sp³-hybridized carbons (Fsp3) is 0.769. The lowest BCUT2D eigenvalue weighted by molar-refractivity contribution is 0.271. The van der Waals surface area contributed by atoms with Crippen LogP contribution in [-0.2, 0) is 0 Å². The van der Waals surface area contributed by atoms with Crippen LogP contribution in [0.5, 0.6) is 0 Å². The van der Waals surface area contributed by atoms with Crippen molar-refractivity contribution in [2.75, 3.05) is 44.2 Å². The highest BCUT2D eigenvalue weighted by Crippen LogP contribution is 2.27. The summed E-state index contributed by atoms with van der Waals surface area (Å²) >= 11 is 1.83. The molecule has 1 fully saturated rings. The van der Waals surface area contributed by atoms with Crippen LogP contribution in [0.4, 0.5) is 5.13 Å². The highest BCUT2D eigenvalue weighted by atomic mass is 32.1. The van der Waals surface area contributed by atoms with E-state index in [2.05, 4.69) is 40.9 Å². The van der Waals surface area contributed by atoms with E-state index in [0.29, 0.717) is 6.04 Å². The van der Waals surface area contributed by atoms with Gasteiger partial charge in [-0.05, 0) is 20.0 Å². The van der Waals surface area contributed by atoms with Gasteiger partial charge in [0.2, 0.25) is 0 Å². The molecular weight excluding hydrogens is 244 g/mol. The van der Waals surface area contributed by atoms with Crippen molar-refractivity contribution in [3.8, 4) is 0 Å². The summed E-state index contributed by atoms with van der Waals surface area (Å²) in [6, 6.07) is 0.415. The van der Waals surface area contributed by atoms with Crippen LogP contribution < -0.4 is 10.2 Å². The summed E-state index contributed by atoms with van der Waals surface area (Å²) in [6.07, 6.45) is 2.03. The van der Waals surface area contributed by atoms with Crippen LogP contribution in [0.2, 0.25) is 0 Å². The summed E-state index contributed by atoms with van der Waals surface area (Å²) in [6.45, 7) is 13.3. The zero-order valence-corrected chi connectivity index (χ0v) is 12.5. The van der Waals surface area contributed by atoms with Crippen molar-refractivity contribution < 1.29 is 0 Å². The highest BCUT2D eigenvalue weighted by Gasteiger charge is 2.19. The number of hydrogen-bond acceptors (Lipinski definition) is 5. The van der Waals surface area contributed by atoms with Crippen LogP contribution in [0.1, 0.15) is 31.7 Å². The van der Waals surface area contributed by atoms with Crippen molar-refractivity contribution in [3.63, 3.8) is 0 Å². The van der Waals surface area contributed by atoms with E-state index in [1.54, 1.807) is 0 Å². The lowest BCUT2D eigenvalue weighted by atomic mass is 10.3. The molecule has 18 heavy (non-hydrogen) atoms. The van der Waals surface area contributed by atoms with Crippen molar-refractivity contribution in [3.05, 3.63) is 11.1 Å². The summed E-state index contributed by atoms with van der Waals surface area (Å²) in [5.41, 5.74) is 0. The molecule has 0 aromatic carbocycles. The summed E-state index contributed by atoms with van der Waals surface area (Å²) < 4.78 is 0. The van der Waals surface area contributed by atoms with E-state index in [9.17, 15) is 0 Å². The zero-order chi connectivity index (χ0) is 13.0. The lowest BCUT2D eigenvalue weighted by Crippen LogP contribution is -2.46. The lowest BCUT2D eigenvalue weighted by Gasteiger charge is -2.33. The van der Waals surface area contributed by atoms with Crippen molar-refractivity contribution in [2.45, 2.75) is 26.8 Å². The van der Waals surface area contributed by atoms with Gasteiger partial charge < -0.3 is 15.1 Å². The Morgan fingerprint density at radius 1 is 1.33 bits per heavy atom. The van der Waals surface area contributed by atoms with Crippen molar-refractivity contribution in [1.29, 1.82) is 0 Å². The van der Waals surface area contributed by atoms with Crippen LogP contribution in [-0.4, -0.2) is 49.2 Å². The topological polar surface area (TPSA) is 31.4 Å². The normalized spacial score (nSPS) is 19.2. The van der Waals surface area contributed by atoms with Gasteiger partial charge in [0.25, 0.3) is 0 Å². The number of thiazole rings is 1. The molecule has 5 heteroatoms. The van der Waals surface area contributed by atoms with Crippen LogP contribution in [0.15, 0.2) is 6.20 Å². The predicted octanol–water partition coefficient (Wildman–Crippen LogP) is 1.96. The number of nitrogens with zero attached hydrogens (tertiary/aromatic N) is 3. The molecule has 102 valence electrons. The van der Waals surface area contributed by atoms with Crippen molar-refractivity contribution in [1.82, 2.24) is 15.2 Å². The maximum Gasteiger partial charge on any atom is 0.185 e. The molecule has 1 aliphatic rings. The summed E-state index contributed by atoms with van der Waals surface area (Å²) in [4.78, 5) is 10.8. The molecule has 1 aliphatic heterocycles. The molecule has 1 unspecified atom stereocenters. The fourth-order valence-electron chi connectivity index (χ4n) is 2.29. The van der Waals surface area contributed by atoms with Crippen LogP contribution in [0, 0.1) is 0 Å². The van der Waals surface area contributed by atoms with Crippen LogP contribution in [0.3, 0.4) is 0 Å². The second kappa shape index (κ2) is 6.50. The third-order valence-corrected chi connectivity index (χ3v) is 4.78. The van der Waals surface area contributed by atoms with Gasteiger partial charge in [0, 0.05) is 43.3 Å². The second-order valence-electron chi connectivity index (χ2n) is 4.75. The van der Waals surface area contributed by atoms with Gasteiger partial charge in [0.15, 0.2) is 5.13 Å². The van der Waals surface area contributed by atoms with E-state index in [1.165, 1.54) is 10.0 Å². The SMILES string of the molecule is CCNC(C)c1cnc(N2CCN(CC)CC2)s1. The van der Waals surface area contributed by atoms with E-state index in [-0.39, 0.29) is 0 Å². The van der Waals surface area contributed by atoms with E-state index in [1.807, 2.05) is 17.5 Å². The van der Waals surface area contributed by atoms with E-state index < -0.39 is 0 Å². The minimum atomic E-state index is 0.415. The molecule has 4 nitrogen and oxygen atoms in total. The van der Waals surface area contributed by atoms with Gasteiger partial charge in [0.1, 0.15) is 0 Å². The summed E-state index contributed by atoms with van der Waals surface area (Å²) in [5, 5.41) is 4.62. The van der Waals surface area contributed by atoms with Gasteiger partial charge in [0.05, 0.1) is 0 Å². The molecule has 0 spiro atoms. The van der Waals surface area contributed by atoms with Gasteiger partial charge in [-0.25, -0.2) is 4.98 Å². The molecule has 1 atom stereocenters. The Hall–Kier alpha value is -0.650. The molecule has 0 bridgehead atoms. The first-order chi connectivity index (χ1) is 8.74. The maximum atomic E-state index is 4.58. The van der Waals surface area contributed by atoms with E-state index in [0.717, 1.165) is 39.3 Å². The summed E-state index contributed by atoms with van der Waals surface area (Å²) in [5.74, 6) is 0. The quantitative estimate of drug-likeness (QED) is 0.884. The number of hydrogen-bond donors (Lipinski definition) is 1. The number of piperazine rings is 1. The minimum Gasteiger partial charge on any atom is -0.346 e. The molecule has 2 heterocycles. The smallest absolute Gasteiger partial charge is 0.185 e. The Kier molecular flexibility index (Phi) is 4.97. The average molecular weight is 268 g/mol. The van der Waals surface area contributed by atoms with E-state index >= 15 is 0 Å². The number of likely N-dealkylation sites (N-methyl/N-ethyl adjacent to an activating group) is 1. The van der Waals surface area contributed by atoms with E-state index in [4.69, 9.17) is 0 Å². The number of nitrogens with one attached hydrogen (secondary N) is 1. The molecule has 0 saturated carbocycles. The number of rotatable bonds is 5. The first-order valence-corrected chi connectivity index (χ1v) is 7.72. The third kappa shape index (κ3) is 3.22. The minimum absolute atomic E-state index is 0.415. The third-order valence-electron chi connectivity index (χ3n) is 3.54. The Balaban J connectivity index is 1.94. The first-order valence-electron chi connectivity index (χ1n) is 6.91. The molecule has 2 rings (SSSR count). The molecule has 0 radical (unpaired) electrons. The standard InChI is InChI=1S/C13H24N4S/c1-4-14-11(3)12-10-15-13(18-12)17-8-6-16(5-2)7-9-17/h10-11,14H,4-9H2,1-3H3. The van der Waals surface area contributed by atoms with Crippen molar-refractivity contribution in [2.24, 2.45) is 0 Å². The zero-order valence-electron chi connectivity index (χ0n) is 11.6. The molecule has 1 aromatic rings. The Labute approximate surface area is 114 Å². The highest BCUT2D eigenvalue weighted by molar-refractivity contribution is 7.15. The first kappa shape index (κ1) is 13.8. The molecule has 1 saturated heterocycles. The van der Waals surface area contributed by atoms with Gasteiger partial charge >= 0.3 is 0 Å². The van der Waals surface area contributed by atoms with Gasteiger partial charge in [-0.3, -0.25) is 0 Å². The maximum absolute atomic E-state index is 4.58. The molecule has 0 amide bonds. The number of aromatic nitrogens is 1. The Bertz CT molecular complexity index is 358.